The van der Waals surface area contributed by atoms with E-state index < -0.39 is 6.04 Å². The zero-order valence-corrected chi connectivity index (χ0v) is 13.0. The Morgan fingerprint density at radius 1 is 1.05 bits per heavy atom. The molecule has 4 N–H and O–H groups in total. The number of carbonyl (C=O) groups is 1. The van der Waals surface area contributed by atoms with E-state index in [1.54, 1.807) is 0 Å². The number of para-hydroxylation sites is 1. The molecule has 0 heterocycles. The Balaban J connectivity index is 2.04. The first-order valence-corrected chi connectivity index (χ1v) is 7.58. The van der Waals surface area contributed by atoms with Gasteiger partial charge in [-0.15, -0.1) is 0 Å². The van der Waals surface area contributed by atoms with Gasteiger partial charge in [-0.05, 0) is 36.2 Å². The molecule has 0 radical (unpaired) electrons. The molecular formula is C18H23N3O. The van der Waals surface area contributed by atoms with Crippen LogP contribution in [0, 0.1) is 5.92 Å². The first-order chi connectivity index (χ1) is 10.6. The molecule has 2 rings (SSSR count). The molecule has 1 amide bonds. The predicted octanol–water partition coefficient (Wildman–Crippen LogP) is 3.74. The number of rotatable bonds is 6. The summed E-state index contributed by atoms with van der Waals surface area (Å²) in [6.45, 7) is 4.01. The molecule has 22 heavy (non-hydrogen) atoms. The zero-order chi connectivity index (χ0) is 15.9. The van der Waals surface area contributed by atoms with Crippen LogP contribution in [0.25, 0.3) is 0 Å². The third kappa shape index (κ3) is 4.33. The van der Waals surface area contributed by atoms with Gasteiger partial charge in [0.15, 0.2) is 0 Å². The van der Waals surface area contributed by atoms with Gasteiger partial charge in [0.25, 0.3) is 0 Å². The Hall–Kier alpha value is -2.33. The van der Waals surface area contributed by atoms with Crippen molar-refractivity contribution >= 4 is 23.0 Å². The molecule has 4 heteroatoms. The molecule has 0 saturated heterocycles. The lowest BCUT2D eigenvalue weighted by molar-refractivity contribution is -0.118. The maximum Gasteiger partial charge on any atom is 0.241 e. The second-order valence-electron chi connectivity index (χ2n) is 5.47. The van der Waals surface area contributed by atoms with Gasteiger partial charge < -0.3 is 16.4 Å². The molecule has 0 aliphatic carbocycles. The maximum atomic E-state index is 12.1. The van der Waals surface area contributed by atoms with E-state index in [0.717, 1.165) is 23.5 Å². The number of hydrogen-bond acceptors (Lipinski definition) is 3. The summed E-state index contributed by atoms with van der Waals surface area (Å²) in [6.07, 6.45) is 0.879. The molecule has 4 nitrogen and oxygen atoms in total. The zero-order valence-electron chi connectivity index (χ0n) is 13.0. The van der Waals surface area contributed by atoms with Crippen molar-refractivity contribution in [3.05, 3.63) is 54.6 Å². The Morgan fingerprint density at radius 2 is 1.68 bits per heavy atom. The van der Waals surface area contributed by atoms with Gasteiger partial charge in [-0.2, -0.15) is 0 Å². The van der Waals surface area contributed by atoms with Crippen molar-refractivity contribution in [1.29, 1.82) is 0 Å². The highest BCUT2D eigenvalue weighted by molar-refractivity contribution is 5.95. The molecule has 0 aromatic heterocycles. The minimum Gasteiger partial charge on any atom is -0.355 e. The van der Waals surface area contributed by atoms with Gasteiger partial charge in [-0.3, -0.25) is 4.79 Å². The summed E-state index contributed by atoms with van der Waals surface area (Å²) in [7, 11) is 0. The normalized spacial score (nSPS) is 13.2. The molecule has 2 atom stereocenters. The first kappa shape index (κ1) is 16.0. The third-order valence-electron chi connectivity index (χ3n) is 3.75. The Labute approximate surface area is 131 Å². The van der Waals surface area contributed by atoms with Crippen LogP contribution in [-0.4, -0.2) is 11.9 Å². The number of carbonyl (C=O) groups excluding carboxylic acids is 1. The molecule has 0 fully saturated rings. The van der Waals surface area contributed by atoms with Crippen LogP contribution in [0.1, 0.15) is 20.3 Å². The van der Waals surface area contributed by atoms with Gasteiger partial charge in [0.05, 0.1) is 6.04 Å². The standard InChI is InChI=1S/C18H23N3O/c1-3-13(2)17(19)18(22)21-16-11-7-10-15(12-16)20-14-8-5-4-6-9-14/h4-13,17,20H,3,19H2,1-2H3,(H,21,22). The molecule has 116 valence electrons. The molecular weight excluding hydrogens is 274 g/mol. The van der Waals surface area contributed by atoms with Crippen LogP contribution in [0.3, 0.4) is 0 Å². The lowest BCUT2D eigenvalue weighted by Crippen LogP contribution is -2.40. The van der Waals surface area contributed by atoms with Crippen molar-refractivity contribution in [2.75, 3.05) is 10.6 Å². The van der Waals surface area contributed by atoms with E-state index in [0.29, 0.717) is 0 Å². The second kappa shape index (κ2) is 7.61. The molecule has 2 unspecified atom stereocenters. The number of nitrogens with two attached hydrogens (primary N) is 1. The Kier molecular flexibility index (Phi) is 5.55. The quantitative estimate of drug-likeness (QED) is 0.761. The third-order valence-corrected chi connectivity index (χ3v) is 3.75. The number of benzene rings is 2. The fraction of sp³-hybridized carbons (Fsp3) is 0.278. The number of anilines is 3. The minimum absolute atomic E-state index is 0.147. The number of hydrogen-bond donors (Lipinski definition) is 3. The minimum atomic E-state index is -0.490. The summed E-state index contributed by atoms with van der Waals surface area (Å²) in [5.74, 6) is 0.0110. The van der Waals surface area contributed by atoms with Gasteiger partial charge in [0, 0.05) is 17.1 Å². The molecule has 0 saturated carbocycles. The van der Waals surface area contributed by atoms with E-state index in [4.69, 9.17) is 5.73 Å². The van der Waals surface area contributed by atoms with Gasteiger partial charge in [0.1, 0.15) is 0 Å². The van der Waals surface area contributed by atoms with Crippen molar-refractivity contribution in [2.45, 2.75) is 26.3 Å². The first-order valence-electron chi connectivity index (χ1n) is 7.58. The molecule has 0 aliphatic rings. The van der Waals surface area contributed by atoms with Crippen LogP contribution < -0.4 is 16.4 Å². The van der Waals surface area contributed by atoms with Crippen LogP contribution in [-0.2, 0) is 4.79 Å². The van der Waals surface area contributed by atoms with Crippen molar-refractivity contribution < 1.29 is 4.79 Å². The monoisotopic (exact) mass is 297 g/mol. The van der Waals surface area contributed by atoms with Crippen LogP contribution in [0.4, 0.5) is 17.1 Å². The van der Waals surface area contributed by atoms with Crippen molar-refractivity contribution in [2.24, 2.45) is 11.7 Å². The van der Waals surface area contributed by atoms with E-state index in [1.165, 1.54) is 0 Å². The average molecular weight is 297 g/mol. The fourth-order valence-corrected chi connectivity index (χ4v) is 2.10. The van der Waals surface area contributed by atoms with Crippen molar-refractivity contribution in [3.8, 4) is 0 Å². The van der Waals surface area contributed by atoms with Crippen molar-refractivity contribution in [1.82, 2.24) is 0 Å². The van der Waals surface area contributed by atoms with E-state index in [-0.39, 0.29) is 11.8 Å². The van der Waals surface area contributed by atoms with E-state index >= 15 is 0 Å². The van der Waals surface area contributed by atoms with E-state index in [2.05, 4.69) is 10.6 Å². The summed E-state index contributed by atoms with van der Waals surface area (Å²) in [5, 5.41) is 6.18. The average Bonchev–Trinajstić information content (AvgIpc) is 2.54. The number of amides is 1. The summed E-state index contributed by atoms with van der Waals surface area (Å²) >= 11 is 0. The Bertz CT molecular complexity index is 613. The highest BCUT2D eigenvalue weighted by atomic mass is 16.2. The molecule has 0 aliphatic heterocycles. The topological polar surface area (TPSA) is 67.2 Å². The van der Waals surface area contributed by atoms with Crippen molar-refractivity contribution in [3.63, 3.8) is 0 Å². The smallest absolute Gasteiger partial charge is 0.241 e. The van der Waals surface area contributed by atoms with E-state index in [1.807, 2.05) is 68.4 Å². The van der Waals surface area contributed by atoms with Gasteiger partial charge in [-0.25, -0.2) is 0 Å². The maximum absolute atomic E-state index is 12.1. The summed E-state index contributed by atoms with van der Waals surface area (Å²) in [4.78, 5) is 12.1. The van der Waals surface area contributed by atoms with Gasteiger partial charge in [-0.1, -0.05) is 44.5 Å². The van der Waals surface area contributed by atoms with E-state index in [9.17, 15) is 4.79 Å². The molecule has 2 aromatic carbocycles. The largest absolute Gasteiger partial charge is 0.355 e. The lowest BCUT2D eigenvalue weighted by Gasteiger charge is -2.18. The Morgan fingerprint density at radius 3 is 2.36 bits per heavy atom. The molecule has 0 spiro atoms. The lowest BCUT2D eigenvalue weighted by atomic mass is 9.99. The van der Waals surface area contributed by atoms with Crippen LogP contribution >= 0.6 is 0 Å². The second-order valence-corrected chi connectivity index (χ2v) is 5.47. The molecule has 0 bridgehead atoms. The van der Waals surface area contributed by atoms with Crippen LogP contribution in [0.2, 0.25) is 0 Å². The summed E-state index contributed by atoms with van der Waals surface area (Å²) in [5.41, 5.74) is 8.61. The van der Waals surface area contributed by atoms with Crippen LogP contribution in [0.15, 0.2) is 54.6 Å². The predicted molar refractivity (Wildman–Crippen MR) is 92.2 cm³/mol. The SMILES string of the molecule is CCC(C)C(N)C(=O)Nc1cccc(Nc2ccccc2)c1. The summed E-state index contributed by atoms with van der Waals surface area (Å²) in [6, 6.07) is 17.0. The van der Waals surface area contributed by atoms with Gasteiger partial charge >= 0.3 is 0 Å². The number of nitrogens with one attached hydrogen (secondary N) is 2. The summed E-state index contributed by atoms with van der Waals surface area (Å²) < 4.78 is 0. The molecule has 2 aromatic rings. The highest BCUT2D eigenvalue weighted by Crippen LogP contribution is 2.20. The van der Waals surface area contributed by atoms with Crippen LogP contribution in [0.5, 0.6) is 0 Å². The highest BCUT2D eigenvalue weighted by Gasteiger charge is 2.19. The van der Waals surface area contributed by atoms with Gasteiger partial charge in [0.2, 0.25) is 5.91 Å². The fourth-order valence-electron chi connectivity index (χ4n) is 2.10.